The summed E-state index contributed by atoms with van der Waals surface area (Å²) < 4.78 is 2.44. The summed E-state index contributed by atoms with van der Waals surface area (Å²) >= 11 is 4.63. The summed E-state index contributed by atoms with van der Waals surface area (Å²) in [5, 5.41) is 20.2. The lowest BCUT2D eigenvalue weighted by Crippen LogP contribution is -2.45. The summed E-state index contributed by atoms with van der Waals surface area (Å²) in [4.78, 5) is 12.4. The molecule has 0 bridgehead atoms. The van der Waals surface area contributed by atoms with E-state index in [4.69, 9.17) is 0 Å². The molecule has 6 heteroatoms. The summed E-state index contributed by atoms with van der Waals surface area (Å²) in [5.41, 5.74) is -0.660. The first-order valence-electron chi connectivity index (χ1n) is 6.27. The van der Waals surface area contributed by atoms with E-state index in [1.165, 1.54) is 16.3 Å². The predicted molar refractivity (Wildman–Crippen MR) is 83.5 cm³/mol. The summed E-state index contributed by atoms with van der Waals surface area (Å²) in [7, 11) is 0. The molecule has 21 heavy (non-hydrogen) atoms. The van der Waals surface area contributed by atoms with Crippen molar-refractivity contribution in [3.8, 4) is 0 Å². The molecule has 1 aliphatic heterocycles. The second-order valence-corrected chi connectivity index (χ2v) is 6.71. The van der Waals surface area contributed by atoms with Gasteiger partial charge in [-0.05, 0) is 35.7 Å². The van der Waals surface area contributed by atoms with Gasteiger partial charge < -0.3 is 10.2 Å². The molecule has 0 aliphatic carbocycles. The lowest BCUT2D eigenvalue weighted by atomic mass is 10.0. The van der Waals surface area contributed by atoms with Crippen LogP contribution >= 0.6 is 27.9 Å². The van der Waals surface area contributed by atoms with Crippen molar-refractivity contribution in [2.45, 2.75) is 17.2 Å². The van der Waals surface area contributed by atoms with E-state index < -0.39 is 11.7 Å². The van der Waals surface area contributed by atoms with Crippen LogP contribution in [0.5, 0.6) is 0 Å². The van der Waals surface area contributed by atoms with Crippen molar-refractivity contribution in [1.29, 1.82) is 0 Å². The number of hydrogen-bond acceptors (Lipinski definition) is 4. The largest absolute Gasteiger partial charge is 0.478 e. The van der Waals surface area contributed by atoms with E-state index >= 15 is 0 Å². The van der Waals surface area contributed by atoms with E-state index in [1.807, 2.05) is 36.4 Å². The Morgan fingerprint density at radius 1 is 1.19 bits per heavy atom. The van der Waals surface area contributed by atoms with Crippen molar-refractivity contribution in [2.24, 2.45) is 0 Å². The Morgan fingerprint density at radius 2 is 1.86 bits per heavy atom. The second kappa shape index (κ2) is 5.46. The standard InChI is InChI=1S/C15H12BrNO3S/c16-11-7-5-10(6-8-11)9-17-15(20,14(18)19)12-3-1-2-4-13(12)21-17/h1-8,20H,9H2,(H,18,19). The molecule has 108 valence electrons. The second-order valence-electron chi connectivity index (χ2n) is 4.73. The maximum Gasteiger partial charge on any atom is 0.357 e. The van der Waals surface area contributed by atoms with E-state index in [1.54, 1.807) is 12.1 Å². The smallest absolute Gasteiger partial charge is 0.357 e. The van der Waals surface area contributed by atoms with Crippen LogP contribution in [0.3, 0.4) is 0 Å². The molecule has 0 spiro atoms. The van der Waals surface area contributed by atoms with E-state index in [0.29, 0.717) is 12.1 Å². The van der Waals surface area contributed by atoms with Gasteiger partial charge in [0.2, 0.25) is 0 Å². The number of aliphatic hydroxyl groups is 1. The van der Waals surface area contributed by atoms with Crippen molar-refractivity contribution < 1.29 is 15.0 Å². The van der Waals surface area contributed by atoms with Crippen LogP contribution in [0, 0.1) is 0 Å². The van der Waals surface area contributed by atoms with Crippen LogP contribution in [-0.4, -0.2) is 20.5 Å². The Kier molecular flexibility index (Phi) is 3.79. The monoisotopic (exact) mass is 365 g/mol. The van der Waals surface area contributed by atoms with Crippen LogP contribution in [0.15, 0.2) is 57.9 Å². The van der Waals surface area contributed by atoms with E-state index in [-0.39, 0.29) is 0 Å². The van der Waals surface area contributed by atoms with Crippen LogP contribution in [0.1, 0.15) is 11.1 Å². The Balaban J connectivity index is 1.96. The number of hydrogen-bond donors (Lipinski definition) is 2. The number of carbonyl (C=O) groups is 1. The fourth-order valence-corrected chi connectivity index (χ4v) is 3.75. The molecule has 0 fully saturated rings. The maximum atomic E-state index is 11.6. The zero-order chi connectivity index (χ0) is 15.0. The Hall–Kier alpha value is -1.34. The average molecular weight is 366 g/mol. The number of fused-ring (bicyclic) bond motifs is 1. The molecule has 2 aromatic rings. The zero-order valence-corrected chi connectivity index (χ0v) is 13.3. The van der Waals surface area contributed by atoms with Gasteiger partial charge in [0.25, 0.3) is 5.72 Å². The lowest BCUT2D eigenvalue weighted by molar-refractivity contribution is -0.174. The van der Waals surface area contributed by atoms with Crippen LogP contribution in [0.2, 0.25) is 0 Å². The third-order valence-electron chi connectivity index (χ3n) is 3.37. The van der Waals surface area contributed by atoms with Crippen LogP contribution in [0.25, 0.3) is 0 Å². The normalized spacial score (nSPS) is 21.2. The highest BCUT2D eigenvalue weighted by molar-refractivity contribution is 9.10. The van der Waals surface area contributed by atoms with Crippen molar-refractivity contribution in [2.75, 3.05) is 0 Å². The van der Waals surface area contributed by atoms with Gasteiger partial charge in [0.05, 0.1) is 0 Å². The van der Waals surface area contributed by atoms with Gasteiger partial charge in [0.1, 0.15) is 0 Å². The number of benzene rings is 2. The van der Waals surface area contributed by atoms with Gasteiger partial charge in [0.15, 0.2) is 0 Å². The van der Waals surface area contributed by atoms with Crippen LogP contribution in [-0.2, 0) is 17.1 Å². The fourth-order valence-electron chi connectivity index (χ4n) is 2.28. The minimum atomic E-state index is -2.01. The lowest BCUT2D eigenvalue weighted by Gasteiger charge is -2.28. The molecule has 2 N–H and O–H groups in total. The van der Waals surface area contributed by atoms with Gasteiger partial charge in [-0.15, -0.1) is 0 Å². The highest BCUT2D eigenvalue weighted by Crippen LogP contribution is 2.47. The first kappa shape index (κ1) is 14.6. The first-order valence-corrected chi connectivity index (χ1v) is 7.84. The molecule has 0 radical (unpaired) electrons. The molecule has 0 saturated carbocycles. The van der Waals surface area contributed by atoms with Crippen LogP contribution < -0.4 is 0 Å². The summed E-state index contributed by atoms with van der Waals surface area (Å²) in [5.74, 6) is -1.27. The highest BCUT2D eigenvalue weighted by atomic mass is 79.9. The SMILES string of the molecule is O=C(O)C1(O)c2ccccc2SN1Cc1ccc(Br)cc1. The molecule has 1 atom stereocenters. The van der Waals surface area contributed by atoms with Gasteiger partial charge in [-0.3, -0.25) is 0 Å². The summed E-state index contributed by atoms with van der Waals surface area (Å²) in [6.45, 7) is 0.329. The maximum absolute atomic E-state index is 11.6. The van der Waals surface area contributed by atoms with Gasteiger partial charge in [-0.2, -0.15) is 4.31 Å². The van der Waals surface area contributed by atoms with Gasteiger partial charge in [0, 0.05) is 21.5 Å². The number of rotatable bonds is 3. The van der Waals surface area contributed by atoms with Crippen LogP contribution in [0.4, 0.5) is 0 Å². The molecule has 4 nitrogen and oxygen atoms in total. The zero-order valence-electron chi connectivity index (χ0n) is 10.9. The molecule has 1 unspecified atom stereocenters. The predicted octanol–water partition coefficient (Wildman–Crippen LogP) is 3.20. The third kappa shape index (κ3) is 2.48. The minimum absolute atomic E-state index is 0.329. The van der Waals surface area contributed by atoms with Crippen molar-refractivity contribution in [3.05, 3.63) is 64.1 Å². The van der Waals surface area contributed by atoms with E-state index in [9.17, 15) is 15.0 Å². The topological polar surface area (TPSA) is 60.8 Å². The Morgan fingerprint density at radius 3 is 2.52 bits per heavy atom. The van der Waals surface area contributed by atoms with Gasteiger partial charge in [-0.1, -0.05) is 46.3 Å². The average Bonchev–Trinajstić information content (AvgIpc) is 2.76. The molecule has 2 aromatic carbocycles. The van der Waals surface area contributed by atoms with E-state index in [2.05, 4.69) is 15.9 Å². The molecule has 0 saturated heterocycles. The van der Waals surface area contributed by atoms with Crippen molar-refractivity contribution in [1.82, 2.24) is 4.31 Å². The third-order valence-corrected chi connectivity index (χ3v) is 5.06. The quantitative estimate of drug-likeness (QED) is 0.817. The summed E-state index contributed by atoms with van der Waals surface area (Å²) in [6.07, 6.45) is 0. The Labute approximate surface area is 134 Å². The van der Waals surface area contributed by atoms with E-state index in [0.717, 1.165) is 14.9 Å². The molecule has 1 heterocycles. The number of carboxylic acids is 1. The number of aliphatic carboxylic acids is 1. The number of nitrogens with zero attached hydrogens (tertiary/aromatic N) is 1. The summed E-state index contributed by atoms with van der Waals surface area (Å²) in [6, 6.07) is 14.6. The van der Waals surface area contributed by atoms with Gasteiger partial charge in [-0.25, -0.2) is 4.79 Å². The minimum Gasteiger partial charge on any atom is -0.478 e. The number of carboxylic acid groups (broad SMARTS) is 1. The molecule has 0 amide bonds. The molecule has 3 rings (SSSR count). The highest BCUT2D eigenvalue weighted by Gasteiger charge is 2.51. The first-order chi connectivity index (χ1) is 10.0. The van der Waals surface area contributed by atoms with Crippen molar-refractivity contribution in [3.63, 3.8) is 0 Å². The molecule has 1 aliphatic rings. The fraction of sp³-hybridized carbons (Fsp3) is 0.133. The molecular weight excluding hydrogens is 354 g/mol. The molecule has 0 aromatic heterocycles. The Bertz CT molecular complexity index is 692. The van der Waals surface area contributed by atoms with Gasteiger partial charge >= 0.3 is 5.97 Å². The van der Waals surface area contributed by atoms with Crippen molar-refractivity contribution >= 4 is 33.8 Å². The molecular formula is C15H12BrNO3S. The number of halogens is 1.